The zero-order chi connectivity index (χ0) is 10.7. The summed E-state index contributed by atoms with van der Waals surface area (Å²) in [7, 11) is 0. The second kappa shape index (κ2) is 3.96. The Kier molecular flexibility index (Phi) is 2.49. The molecule has 4 heteroatoms. The third-order valence-corrected chi connectivity index (χ3v) is 2.10. The number of hydrogen-bond donors (Lipinski definition) is 2. The van der Waals surface area contributed by atoms with Crippen LogP contribution in [0.2, 0.25) is 0 Å². The van der Waals surface area contributed by atoms with Gasteiger partial charge in [0, 0.05) is 0 Å². The minimum Gasteiger partial charge on any atom is -0.303 e. The highest BCUT2D eigenvalue weighted by atomic mass is 16.2. The van der Waals surface area contributed by atoms with Crippen molar-refractivity contribution in [2.75, 3.05) is 0 Å². The summed E-state index contributed by atoms with van der Waals surface area (Å²) < 4.78 is 0. The minimum absolute atomic E-state index is 0.323. The number of nitrogens with one attached hydrogen (secondary N) is 2. The first-order chi connectivity index (χ1) is 7.25. The number of imide groups is 1. The van der Waals surface area contributed by atoms with Crippen molar-refractivity contribution in [3.05, 3.63) is 47.7 Å². The van der Waals surface area contributed by atoms with Gasteiger partial charge in [0.25, 0.3) is 5.91 Å². The lowest BCUT2D eigenvalue weighted by Crippen LogP contribution is -2.22. The van der Waals surface area contributed by atoms with E-state index in [1.165, 1.54) is 0 Å². The molecule has 76 valence electrons. The fourth-order valence-corrected chi connectivity index (χ4v) is 1.36. The lowest BCUT2D eigenvalue weighted by molar-refractivity contribution is -0.115. The summed E-state index contributed by atoms with van der Waals surface area (Å²) in [6, 6.07) is 9.26. The van der Waals surface area contributed by atoms with Crippen LogP contribution in [0, 0.1) is 0 Å². The Bertz CT molecular complexity index is 423. The highest BCUT2D eigenvalue weighted by Crippen LogP contribution is 2.04. The number of benzene rings is 1. The Morgan fingerprint density at radius 2 is 1.80 bits per heavy atom. The average molecular weight is 202 g/mol. The van der Waals surface area contributed by atoms with Gasteiger partial charge in [0.05, 0.1) is 0 Å². The van der Waals surface area contributed by atoms with Gasteiger partial charge in [0.2, 0.25) is 0 Å². The summed E-state index contributed by atoms with van der Waals surface area (Å²) in [4.78, 5) is 21.9. The molecule has 1 heterocycles. The molecule has 1 saturated heterocycles. The van der Waals surface area contributed by atoms with Gasteiger partial charge >= 0.3 is 6.03 Å². The Labute approximate surface area is 87.0 Å². The first kappa shape index (κ1) is 9.45. The zero-order valence-electron chi connectivity index (χ0n) is 7.99. The molecular weight excluding hydrogens is 192 g/mol. The second-order valence-corrected chi connectivity index (χ2v) is 3.22. The normalized spacial score (nSPS) is 17.7. The van der Waals surface area contributed by atoms with Crippen LogP contribution in [0.5, 0.6) is 0 Å². The summed E-state index contributed by atoms with van der Waals surface area (Å²) in [5.74, 6) is -0.365. The summed E-state index contributed by atoms with van der Waals surface area (Å²) in [6.45, 7) is 0. The maximum Gasteiger partial charge on any atom is 0.326 e. The maximum atomic E-state index is 11.1. The number of urea groups is 1. The van der Waals surface area contributed by atoms with Crippen LogP contribution in [0.3, 0.4) is 0 Å². The molecule has 0 aliphatic carbocycles. The van der Waals surface area contributed by atoms with Gasteiger partial charge in [-0.2, -0.15) is 0 Å². The average Bonchev–Trinajstić information content (AvgIpc) is 2.56. The topological polar surface area (TPSA) is 58.2 Å². The van der Waals surface area contributed by atoms with Crippen LogP contribution < -0.4 is 10.6 Å². The van der Waals surface area contributed by atoms with Crippen molar-refractivity contribution < 1.29 is 9.59 Å². The van der Waals surface area contributed by atoms with E-state index in [0.717, 1.165) is 5.56 Å². The smallest absolute Gasteiger partial charge is 0.303 e. The molecule has 0 saturated carbocycles. The Balaban J connectivity index is 2.06. The molecule has 0 aromatic heterocycles. The third kappa shape index (κ3) is 2.22. The van der Waals surface area contributed by atoms with Gasteiger partial charge in [0.1, 0.15) is 5.70 Å². The van der Waals surface area contributed by atoms with E-state index in [2.05, 4.69) is 10.6 Å². The van der Waals surface area contributed by atoms with Gasteiger partial charge in [-0.3, -0.25) is 10.1 Å². The van der Waals surface area contributed by atoms with Crippen LogP contribution in [0.15, 0.2) is 42.1 Å². The van der Waals surface area contributed by atoms with Crippen LogP contribution in [0.25, 0.3) is 0 Å². The number of rotatable bonds is 2. The first-order valence-corrected chi connectivity index (χ1v) is 4.62. The SMILES string of the molecule is O=C1NC(=O)/C(=C\Cc2ccccc2)N1. The summed E-state index contributed by atoms with van der Waals surface area (Å²) in [5, 5.41) is 4.58. The van der Waals surface area contributed by atoms with Crippen molar-refractivity contribution in [2.45, 2.75) is 6.42 Å². The molecule has 2 rings (SSSR count). The van der Waals surface area contributed by atoms with E-state index < -0.39 is 6.03 Å². The van der Waals surface area contributed by atoms with Crippen LogP contribution in [0.1, 0.15) is 5.56 Å². The molecule has 1 aromatic rings. The molecule has 15 heavy (non-hydrogen) atoms. The van der Waals surface area contributed by atoms with E-state index in [9.17, 15) is 9.59 Å². The van der Waals surface area contributed by atoms with Crippen molar-refractivity contribution in [3.63, 3.8) is 0 Å². The number of amides is 3. The molecule has 2 N–H and O–H groups in total. The molecule has 0 atom stereocenters. The van der Waals surface area contributed by atoms with Crippen LogP contribution in [-0.2, 0) is 11.2 Å². The number of hydrogen-bond acceptors (Lipinski definition) is 2. The lowest BCUT2D eigenvalue weighted by Gasteiger charge is -1.96. The van der Waals surface area contributed by atoms with Crippen molar-refractivity contribution in [3.8, 4) is 0 Å². The van der Waals surface area contributed by atoms with Crippen LogP contribution in [-0.4, -0.2) is 11.9 Å². The highest BCUT2D eigenvalue weighted by Gasteiger charge is 2.22. The van der Waals surface area contributed by atoms with E-state index >= 15 is 0 Å². The van der Waals surface area contributed by atoms with Gasteiger partial charge in [-0.05, 0) is 12.0 Å². The van der Waals surface area contributed by atoms with Crippen molar-refractivity contribution in [2.24, 2.45) is 0 Å². The van der Waals surface area contributed by atoms with Crippen molar-refractivity contribution in [1.82, 2.24) is 10.6 Å². The van der Waals surface area contributed by atoms with Crippen molar-refractivity contribution in [1.29, 1.82) is 0 Å². The summed E-state index contributed by atoms with van der Waals surface area (Å²) in [6.07, 6.45) is 2.33. The van der Waals surface area contributed by atoms with Gasteiger partial charge in [-0.1, -0.05) is 36.4 Å². The zero-order valence-corrected chi connectivity index (χ0v) is 7.99. The molecule has 0 radical (unpaired) electrons. The standard InChI is InChI=1S/C11H10N2O2/c14-10-9(12-11(15)13-10)7-6-8-4-2-1-3-5-8/h1-5,7H,6H2,(H2,12,13,14,15)/b9-7+. The predicted molar refractivity (Wildman–Crippen MR) is 54.9 cm³/mol. The monoisotopic (exact) mass is 202 g/mol. The Morgan fingerprint density at radius 3 is 2.40 bits per heavy atom. The highest BCUT2D eigenvalue weighted by molar-refractivity contribution is 6.11. The molecular formula is C11H10N2O2. The van der Waals surface area contributed by atoms with E-state index in [4.69, 9.17) is 0 Å². The molecule has 3 amide bonds. The largest absolute Gasteiger partial charge is 0.326 e. The van der Waals surface area contributed by atoms with E-state index in [0.29, 0.717) is 12.1 Å². The van der Waals surface area contributed by atoms with Gasteiger partial charge < -0.3 is 5.32 Å². The van der Waals surface area contributed by atoms with Gasteiger partial charge in [-0.15, -0.1) is 0 Å². The van der Waals surface area contributed by atoms with E-state index in [1.807, 2.05) is 30.3 Å². The van der Waals surface area contributed by atoms with Crippen LogP contribution in [0.4, 0.5) is 4.79 Å². The maximum absolute atomic E-state index is 11.1. The third-order valence-electron chi connectivity index (χ3n) is 2.10. The van der Waals surface area contributed by atoms with Crippen molar-refractivity contribution >= 4 is 11.9 Å². The Morgan fingerprint density at radius 1 is 1.07 bits per heavy atom. The quantitative estimate of drug-likeness (QED) is 0.554. The fraction of sp³-hybridized carbons (Fsp3) is 0.0909. The second-order valence-electron chi connectivity index (χ2n) is 3.22. The molecule has 1 aliphatic heterocycles. The fourth-order valence-electron chi connectivity index (χ4n) is 1.36. The van der Waals surface area contributed by atoms with Gasteiger partial charge in [0.15, 0.2) is 0 Å². The first-order valence-electron chi connectivity index (χ1n) is 4.62. The summed E-state index contributed by atoms with van der Waals surface area (Å²) in [5.41, 5.74) is 1.42. The molecule has 1 aliphatic rings. The molecule has 0 spiro atoms. The lowest BCUT2D eigenvalue weighted by atomic mass is 10.1. The molecule has 1 aromatic carbocycles. The molecule has 0 unspecified atom stereocenters. The minimum atomic E-state index is -0.459. The number of carbonyl (C=O) groups excluding carboxylic acids is 2. The van der Waals surface area contributed by atoms with E-state index in [1.54, 1.807) is 6.08 Å². The Hall–Kier alpha value is -2.10. The van der Waals surface area contributed by atoms with E-state index in [-0.39, 0.29) is 5.91 Å². The molecule has 1 fully saturated rings. The van der Waals surface area contributed by atoms with Gasteiger partial charge in [-0.25, -0.2) is 4.79 Å². The summed E-state index contributed by atoms with van der Waals surface area (Å²) >= 11 is 0. The molecule has 4 nitrogen and oxygen atoms in total. The van der Waals surface area contributed by atoms with Crippen LogP contribution >= 0.6 is 0 Å². The number of allylic oxidation sites excluding steroid dienone is 1. The predicted octanol–water partition coefficient (Wildman–Crippen LogP) is 0.952. The molecule has 0 bridgehead atoms. The number of carbonyl (C=O) groups is 2.